The predicted molar refractivity (Wildman–Crippen MR) is 362 cm³/mol. The molecule has 1 saturated carbocycles. The van der Waals surface area contributed by atoms with E-state index in [9.17, 15) is 0 Å². The lowest BCUT2D eigenvalue weighted by Gasteiger charge is -2.44. The maximum Gasteiger partial charge on any atom is 0.264 e. The molecule has 0 unspecified atom stereocenters. The van der Waals surface area contributed by atoms with Crippen LogP contribution < -0.4 is 25.5 Å². The zero-order chi connectivity index (χ0) is 57.2. The number of para-hydroxylation sites is 2. The average molecular weight is 1100 g/mol. The van der Waals surface area contributed by atoms with E-state index in [2.05, 4.69) is 289 Å². The van der Waals surface area contributed by atoms with Gasteiger partial charge in [0.2, 0.25) is 0 Å². The third-order valence-electron chi connectivity index (χ3n) is 19.5. The van der Waals surface area contributed by atoms with Gasteiger partial charge in [-0.3, -0.25) is 0 Å². The van der Waals surface area contributed by atoms with Gasteiger partial charge in [0.1, 0.15) is 0 Å². The van der Waals surface area contributed by atoms with Gasteiger partial charge in [-0.05, 0) is 174 Å². The summed E-state index contributed by atoms with van der Waals surface area (Å²) < 4.78 is 5.21. The molecule has 0 N–H and O–H groups in total. The maximum absolute atomic E-state index is 2.72. The van der Waals surface area contributed by atoms with Gasteiger partial charge in [-0.2, -0.15) is 0 Å². The van der Waals surface area contributed by atoms with Gasteiger partial charge in [-0.1, -0.05) is 215 Å². The van der Waals surface area contributed by atoms with E-state index in [1.807, 2.05) is 11.3 Å². The second-order valence-corrected chi connectivity index (χ2v) is 28.8. The van der Waals surface area contributed by atoms with Crippen molar-refractivity contribution < 1.29 is 0 Å². The molecule has 3 nitrogen and oxygen atoms in total. The van der Waals surface area contributed by atoms with E-state index < -0.39 is 0 Å². The van der Waals surface area contributed by atoms with Crippen LogP contribution in [-0.4, -0.2) is 11.3 Å². The van der Waals surface area contributed by atoms with Crippen molar-refractivity contribution in [3.63, 3.8) is 0 Å². The van der Waals surface area contributed by atoms with Crippen molar-refractivity contribution in [3.05, 3.63) is 240 Å². The fourth-order valence-electron chi connectivity index (χ4n) is 15.2. The first-order chi connectivity index (χ1) is 40.5. The second kappa shape index (κ2) is 18.3. The number of nitrogens with zero attached hydrogens (tertiary/aromatic N) is 3. The van der Waals surface area contributed by atoms with Crippen LogP contribution in [0.25, 0.3) is 71.0 Å². The Morgan fingerprint density at radius 2 is 0.976 bits per heavy atom. The van der Waals surface area contributed by atoms with Crippen LogP contribution >= 0.6 is 11.3 Å². The number of hydrogen-bond acceptors (Lipinski definition) is 3. The first-order valence-electron chi connectivity index (χ1n) is 30.6. The van der Waals surface area contributed by atoms with E-state index in [1.54, 1.807) is 0 Å². The van der Waals surface area contributed by atoms with E-state index >= 15 is 0 Å². The molecule has 410 valence electrons. The van der Waals surface area contributed by atoms with Crippen LogP contribution in [0.4, 0.5) is 34.1 Å². The third kappa shape index (κ3) is 7.70. The van der Waals surface area contributed by atoms with Crippen molar-refractivity contribution in [2.45, 2.75) is 110 Å². The standard InChI is InChI=1S/C79H70BN3S/c1-76(2,3)53-31-38-72-63(46-53)74-75(84-72)80-66-37-35-58(82-67-27-17-14-24-61(67)62-25-15-18-28-68(62)82)48-69(66)81(56-32-29-50(30-33-56)51-41-54(77(4,5)6)45-55(42-51)78(7,8)9)70-43-52(49-21-11-10-12-22-49)44-71(73(70)80)83(74)57-34-36-60-59-23-13-16-26-64(59)79(65(60)47-57)39-19-20-40-79/h10-18,21-38,41-48H,19-20,39-40H2,1-9H3. The summed E-state index contributed by atoms with van der Waals surface area (Å²) in [7, 11) is 0. The monoisotopic (exact) mass is 1100 g/mol. The topological polar surface area (TPSA) is 11.4 Å². The molecule has 10 aromatic carbocycles. The molecule has 0 amide bonds. The van der Waals surface area contributed by atoms with E-state index in [-0.39, 0.29) is 28.4 Å². The first-order valence-corrected chi connectivity index (χ1v) is 31.4. The molecule has 12 aromatic rings. The fourth-order valence-corrected chi connectivity index (χ4v) is 16.5. The molecule has 1 fully saturated rings. The first kappa shape index (κ1) is 51.3. The van der Waals surface area contributed by atoms with Crippen LogP contribution in [-0.2, 0) is 21.7 Å². The zero-order valence-corrected chi connectivity index (χ0v) is 50.7. The normalized spacial score (nSPS) is 15.0. The lowest BCUT2D eigenvalue weighted by atomic mass is 9.36. The van der Waals surface area contributed by atoms with Crippen molar-refractivity contribution in [1.82, 2.24) is 4.57 Å². The highest BCUT2D eigenvalue weighted by molar-refractivity contribution is 7.33. The van der Waals surface area contributed by atoms with Crippen LogP contribution in [0.5, 0.6) is 0 Å². The SMILES string of the molecule is CC(C)(C)c1cc(-c2ccc(N3c4cc(-n5c6ccccc6c6ccccc65)ccc4B4c5sc6ccc(C(C)(C)C)cc6c5N(c5ccc6c(c5)C5(CCCC5)c5ccccc5-6)c5cc(-c6ccccc6)cc3c54)cc2)cc(C(C)(C)C)c1. The summed E-state index contributed by atoms with van der Waals surface area (Å²) in [6.45, 7) is 21.0. The van der Waals surface area contributed by atoms with Crippen LogP contribution in [0.15, 0.2) is 212 Å². The molecule has 16 rings (SSSR count). The Morgan fingerprint density at radius 3 is 1.65 bits per heavy atom. The number of fused-ring (bicyclic) bond motifs is 14. The van der Waals surface area contributed by atoms with Crippen molar-refractivity contribution >= 4 is 99.8 Å². The Hall–Kier alpha value is -8.38. The summed E-state index contributed by atoms with van der Waals surface area (Å²) in [6.07, 6.45) is 4.87. The minimum atomic E-state index is -0.0462. The number of hydrogen-bond donors (Lipinski definition) is 0. The average Bonchev–Trinajstić information content (AvgIpc) is 2.04. The van der Waals surface area contributed by atoms with Gasteiger partial charge < -0.3 is 14.4 Å². The van der Waals surface area contributed by atoms with E-state index in [0.29, 0.717) is 0 Å². The molecule has 84 heavy (non-hydrogen) atoms. The van der Waals surface area contributed by atoms with Crippen LogP contribution in [0.2, 0.25) is 0 Å². The van der Waals surface area contributed by atoms with Crippen molar-refractivity contribution in [2.24, 2.45) is 0 Å². The molecular weight excluding hydrogens is 1030 g/mol. The largest absolute Gasteiger partial charge is 0.311 e. The van der Waals surface area contributed by atoms with E-state index in [1.165, 1.54) is 163 Å². The number of anilines is 6. The number of aromatic nitrogens is 1. The number of thiophene rings is 1. The van der Waals surface area contributed by atoms with Gasteiger partial charge in [-0.25, -0.2) is 0 Å². The molecule has 2 aromatic heterocycles. The van der Waals surface area contributed by atoms with Crippen molar-refractivity contribution in [1.29, 1.82) is 0 Å². The summed E-state index contributed by atoms with van der Waals surface area (Å²) in [4.78, 5) is 5.35. The van der Waals surface area contributed by atoms with Crippen molar-refractivity contribution in [2.75, 3.05) is 9.80 Å². The van der Waals surface area contributed by atoms with Gasteiger partial charge in [0, 0.05) is 65.2 Å². The molecule has 4 heterocycles. The quantitative estimate of drug-likeness (QED) is 0.159. The van der Waals surface area contributed by atoms with E-state index in [4.69, 9.17) is 0 Å². The number of rotatable bonds is 5. The summed E-state index contributed by atoms with van der Waals surface area (Å²) in [6, 6.07) is 82.5. The lowest BCUT2D eigenvalue weighted by molar-refractivity contribution is 0.550. The Kier molecular flexibility index (Phi) is 11.2. The van der Waals surface area contributed by atoms with Crippen molar-refractivity contribution in [3.8, 4) is 39.1 Å². The Balaban J connectivity index is 0.993. The molecular formula is C79H70BN3S. The van der Waals surface area contributed by atoms with Gasteiger partial charge in [-0.15, -0.1) is 11.3 Å². The van der Waals surface area contributed by atoms with Gasteiger partial charge in [0.15, 0.2) is 0 Å². The second-order valence-electron chi connectivity index (χ2n) is 27.7. The Bertz CT molecular complexity index is 4600. The van der Waals surface area contributed by atoms with Gasteiger partial charge in [0.05, 0.1) is 16.7 Å². The fraction of sp³-hybridized carbons (Fsp3) is 0.215. The summed E-state index contributed by atoms with van der Waals surface area (Å²) >= 11 is 2.00. The molecule has 0 atom stereocenters. The highest BCUT2D eigenvalue weighted by Gasteiger charge is 2.48. The molecule has 2 aliphatic heterocycles. The minimum Gasteiger partial charge on any atom is -0.311 e. The highest BCUT2D eigenvalue weighted by atomic mass is 32.1. The zero-order valence-electron chi connectivity index (χ0n) is 49.9. The van der Waals surface area contributed by atoms with Crippen LogP contribution in [0.1, 0.15) is 116 Å². The maximum atomic E-state index is 2.72. The Morgan fingerprint density at radius 1 is 0.405 bits per heavy atom. The minimum absolute atomic E-state index is 0.000689. The van der Waals surface area contributed by atoms with Crippen LogP contribution in [0.3, 0.4) is 0 Å². The molecule has 4 aliphatic rings. The molecule has 0 radical (unpaired) electrons. The summed E-state index contributed by atoms with van der Waals surface area (Å²) in [5.74, 6) is 0. The lowest BCUT2D eigenvalue weighted by Crippen LogP contribution is -2.60. The molecule has 5 heteroatoms. The van der Waals surface area contributed by atoms with Gasteiger partial charge in [0.25, 0.3) is 6.71 Å². The smallest absolute Gasteiger partial charge is 0.264 e. The molecule has 0 saturated heterocycles. The molecule has 1 spiro atoms. The molecule has 2 aliphatic carbocycles. The van der Waals surface area contributed by atoms with Gasteiger partial charge >= 0.3 is 0 Å². The number of benzene rings is 10. The van der Waals surface area contributed by atoms with E-state index in [0.717, 1.165) is 11.4 Å². The predicted octanol–water partition coefficient (Wildman–Crippen LogP) is 20.1. The summed E-state index contributed by atoms with van der Waals surface area (Å²) in [5.41, 5.74) is 28.3. The molecule has 0 bridgehead atoms. The van der Waals surface area contributed by atoms with Crippen LogP contribution in [0, 0.1) is 0 Å². The third-order valence-corrected chi connectivity index (χ3v) is 20.8. The Labute approximate surface area is 500 Å². The highest BCUT2D eigenvalue weighted by Crippen LogP contribution is 2.59. The summed E-state index contributed by atoms with van der Waals surface area (Å²) in [5, 5.41) is 3.85.